The molecule has 0 heterocycles. The van der Waals surface area contributed by atoms with Crippen LogP contribution < -0.4 is 10.2 Å². The highest BCUT2D eigenvalue weighted by Gasteiger charge is 2.28. The summed E-state index contributed by atoms with van der Waals surface area (Å²) in [7, 11) is -2.02. The summed E-state index contributed by atoms with van der Waals surface area (Å²) < 4.78 is 52.5. The van der Waals surface area contributed by atoms with Gasteiger partial charge in [-0.2, -0.15) is 13.2 Å². The Morgan fingerprint density at radius 3 is 2.31 bits per heavy atom. The highest BCUT2D eigenvalue weighted by Crippen LogP contribution is 2.18. The van der Waals surface area contributed by atoms with Crippen LogP contribution in [-0.4, -0.2) is 29.9 Å². The van der Waals surface area contributed by atoms with Crippen molar-refractivity contribution in [3.8, 4) is 5.75 Å². The second kappa shape index (κ2) is 4.71. The van der Waals surface area contributed by atoms with E-state index < -0.39 is 31.2 Å². The van der Waals surface area contributed by atoms with Crippen molar-refractivity contribution in [3.63, 3.8) is 0 Å². The first-order valence-corrected chi connectivity index (χ1v) is 4.15. The zero-order valence-corrected chi connectivity index (χ0v) is 7.83. The lowest BCUT2D eigenvalue weighted by Gasteiger charge is -2.10. The zero-order chi connectivity index (χ0) is 12.3. The van der Waals surface area contributed by atoms with E-state index in [1.807, 2.05) is 0 Å². The van der Waals surface area contributed by atoms with E-state index in [0.717, 1.165) is 12.1 Å². The smallest absolute Gasteiger partial charge is 0.484 e. The lowest BCUT2D eigenvalue weighted by atomic mass is 9.80. The van der Waals surface area contributed by atoms with E-state index in [4.69, 9.17) is 10.0 Å². The van der Waals surface area contributed by atoms with Gasteiger partial charge in [0.25, 0.3) is 0 Å². The summed E-state index contributed by atoms with van der Waals surface area (Å²) in [5, 5.41) is 17.3. The van der Waals surface area contributed by atoms with E-state index in [-0.39, 0.29) is 5.75 Å². The van der Waals surface area contributed by atoms with Crippen LogP contribution in [0.3, 0.4) is 0 Å². The summed E-state index contributed by atoms with van der Waals surface area (Å²) in [6.45, 7) is -1.53. The number of hydrogen-bond acceptors (Lipinski definition) is 3. The van der Waals surface area contributed by atoms with Crippen molar-refractivity contribution < 1.29 is 32.3 Å². The van der Waals surface area contributed by atoms with Crippen LogP contribution in [-0.2, 0) is 0 Å². The second-order valence-corrected chi connectivity index (χ2v) is 2.96. The lowest BCUT2D eigenvalue weighted by molar-refractivity contribution is -0.153. The Morgan fingerprint density at radius 2 is 1.88 bits per heavy atom. The molecule has 1 aromatic carbocycles. The third-order valence-electron chi connectivity index (χ3n) is 1.65. The van der Waals surface area contributed by atoms with Crippen LogP contribution in [0.1, 0.15) is 0 Å². The number of rotatable bonds is 3. The maximum atomic E-state index is 13.0. The summed E-state index contributed by atoms with van der Waals surface area (Å²) in [4.78, 5) is 0. The van der Waals surface area contributed by atoms with Crippen LogP contribution in [0.25, 0.3) is 0 Å². The fourth-order valence-corrected chi connectivity index (χ4v) is 0.972. The molecule has 0 radical (unpaired) electrons. The van der Waals surface area contributed by atoms with E-state index in [0.29, 0.717) is 6.07 Å². The highest BCUT2D eigenvalue weighted by atomic mass is 19.4. The van der Waals surface area contributed by atoms with Crippen LogP contribution in [0.2, 0.25) is 0 Å². The molecule has 0 saturated carbocycles. The van der Waals surface area contributed by atoms with Gasteiger partial charge in [-0.3, -0.25) is 0 Å². The molecule has 8 heteroatoms. The summed E-state index contributed by atoms with van der Waals surface area (Å²) in [5.41, 5.74) is -0.431. The summed E-state index contributed by atoms with van der Waals surface area (Å²) in [6.07, 6.45) is -4.51. The molecule has 16 heavy (non-hydrogen) atoms. The topological polar surface area (TPSA) is 49.7 Å². The van der Waals surface area contributed by atoms with Crippen LogP contribution in [0.15, 0.2) is 18.2 Å². The molecule has 1 rings (SSSR count). The van der Waals surface area contributed by atoms with E-state index in [2.05, 4.69) is 4.74 Å². The van der Waals surface area contributed by atoms with Gasteiger partial charge >= 0.3 is 13.3 Å². The first kappa shape index (κ1) is 12.8. The van der Waals surface area contributed by atoms with Gasteiger partial charge in [-0.05, 0) is 6.07 Å². The van der Waals surface area contributed by atoms with Crippen molar-refractivity contribution >= 4 is 12.6 Å². The monoisotopic (exact) mass is 238 g/mol. The number of benzene rings is 1. The van der Waals surface area contributed by atoms with Crippen LogP contribution in [0, 0.1) is 5.82 Å². The fraction of sp³-hybridized carbons (Fsp3) is 0.250. The normalized spacial score (nSPS) is 11.4. The molecule has 0 fully saturated rings. The largest absolute Gasteiger partial charge is 0.491 e. The van der Waals surface area contributed by atoms with Gasteiger partial charge in [0.1, 0.15) is 11.6 Å². The molecule has 0 unspecified atom stereocenters. The SMILES string of the molecule is OB(O)c1ccc(OCC(F)(F)F)cc1F. The van der Waals surface area contributed by atoms with E-state index in [9.17, 15) is 17.6 Å². The minimum Gasteiger partial charge on any atom is -0.484 e. The molecule has 0 aliphatic carbocycles. The summed E-state index contributed by atoms with van der Waals surface area (Å²) >= 11 is 0. The molecule has 0 aliphatic rings. The van der Waals surface area contributed by atoms with Crippen molar-refractivity contribution in [1.29, 1.82) is 0 Å². The minimum absolute atomic E-state index is 0.334. The third-order valence-corrected chi connectivity index (χ3v) is 1.65. The molecule has 0 bridgehead atoms. The zero-order valence-electron chi connectivity index (χ0n) is 7.83. The van der Waals surface area contributed by atoms with Crippen molar-refractivity contribution in [2.45, 2.75) is 6.18 Å². The predicted molar refractivity (Wildman–Crippen MR) is 47.8 cm³/mol. The van der Waals surface area contributed by atoms with Crippen molar-refractivity contribution in [3.05, 3.63) is 24.0 Å². The van der Waals surface area contributed by atoms with E-state index >= 15 is 0 Å². The molecule has 2 N–H and O–H groups in total. The average Bonchev–Trinajstić information content (AvgIpc) is 2.13. The third kappa shape index (κ3) is 3.71. The van der Waals surface area contributed by atoms with Gasteiger partial charge in [0, 0.05) is 11.5 Å². The Morgan fingerprint density at radius 1 is 1.25 bits per heavy atom. The molecule has 88 valence electrons. The standard InChI is InChI=1S/C8H7BF4O3/c10-7-3-5(16-4-8(11,12)13)1-2-6(7)9(14)15/h1-3,14-15H,4H2. The fourth-order valence-electron chi connectivity index (χ4n) is 0.972. The quantitative estimate of drug-likeness (QED) is 0.593. The number of hydrogen-bond donors (Lipinski definition) is 2. The minimum atomic E-state index is -4.51. The Bertz CT molecular complexity index is 367. The molecule has 0 aliphatic heterocycles. The number of halogens is 4. The number of ether oxygens (including phenoxy) is 1. The van der Waals surface area contributed by atoms with Gasteiger partial charge in [0.2, 0.25) is 0 Å². The highest BCUT2D eigenvalue weighted by molar-refractivity contribution is 6.58. The average molecular weight is 238 g/mol. The molecular weight excluding hydrogens is 231 g/mol. The van der Waals surface area contributed by atoms with Crippen LogP contribution >= 0.6 is 0 Å². The molecule has 1 aromatic rings. The molecular formula is C8H7BF4O3. The van der Waals surface area contributed by atoms with Crippen molar-refractivity contribution in [2.75, 3.05) is 6.61 Å². The maximum Gasteiger partial charge on any atom is 0.491 e. The number of alkyl halides is 3. The Kier molecular flexibility index (Phi) is 3.76. The van der Waals surface area contributed by atoms with Crippen LogP contribution in [0.4, 0.5) is 17.6 Å². The van der Waals surface area contributed by atoms with Gasteiger partial charge < -0.3 is 14.8 Å². The van der Waals surface area contributed by atoms with E-state index in [1.165, 1.54) is 0 Å². The Hall–Kier alpha value is -1.28. The predicted octanol–water partition coefficient (Wildman–Crippen LogP) is 0.447. The maximum absolute atomic E-state index is 13.0. The van der Waals surface area contributed by atoms with Gasteiger partial charge in [0.05, 0.1) is 0 Å². The van der Waals surface area contributed by atoms with Crippen LogP contribution in [0.5, 0.6) is 5.75 Å². The molecule has 0 atom stereocenters. The van der Waals surface area contributed by atoms with Crippen molar-refractivity contribution in [2.24, 2.45) is 0 Å². The van der Waals surface area contributed by atoms with Gasteiger partial charge in [-0.25, -0.2) is 4.39 Å². The van der Waals surface area contributed by atoms with Crippen molar-refractivity contribution in [1.82, 2.24) is 0 Å². The summed E-state index contributed by atoms with van der Waals surface area (Å²) in [6, 6.07) is 2.61. The first-order valence-electron chi connectivity index (χ1n) is 4.15. The molecule has 0 amide bonds. The molecule has 0 saturated heterocycles. The molecule has 0 spiro atoms. The van der Waals surface area contributed by atoms with E-state index in [1.54, 1.807) is 0 Å². The van der Waals surface area contributed by atoms with Gasteiger partial charge in [-0.15, -0.1) is 0 Å². The second-order valence-electron chi connectivity index (χ2n) is 2.96. The molecule has 3 nitrogen and oxygen atoms in total. The Labute approximate surface area is 88.4 Å². The first-order chi connectivity index (χ1) is 7.29. The van der Waals surface area contributed by atoms with Gasteiger partial charge in [-0.1, -0.05) is 6.07 Å². The summed E-state index contributed by atoms with van der Waals surface area (Å²) in [5.74, 6) is -1.38. The lowest BCUT2D eigenvalue weighted by Crippen LogP contribution is -2.32. The van der Waals surface area contributed by atoms with Gasteiger partial charge in [0.15, 0.2) is 6.61 Å². The molecule has 0 aromatic heterocycles. The Balaban J connectivity index is 2.74.